The van der Waals surface area contributed by atoms with E-state index in [9.17, 15) is 9.59 Å². The molecule has 3 aliphatic heterocycles. The molecule has 0 aliphatic carbocycles. The van der Waals surface area contributed by atoms with E-state index in [4.69, 9.17) is 14.2 Å². The Kier molecular flexibility index (Phi) is 6.13. The molecule has 1 aromatic carbocycles. The molecule has 154 valence electrons. The van der Waals surface area contributed by atoms with E-state index in [0.717, 1.165) is 32.5 Å². The number of carbonyl (C=O) groups is 2. The topological polar surface area (TPSA) is 77.1 Å². The van der Waals surface area contributed by atoms with Gasteiger partial charge in [-0.1, -0.05) is 18.2 Å². The van der Waals surface area contributed by atoms with Crippen LogP contribution in [0.1, 0.15) is 45.2 Å². The molecule has 1 N–H and O–H groups in total. The number of amides is 1. The van der Waals surface area contributed by atoms with Gasteiger partial charge in [-0.25, -0.2) is 9.59 Å². The Balaban J connectivity index is 1.79. The number of piperidine rings is 3. The molecule has 0 radical (unpaired) electrons. The first-order valence-corrected chi connectivity index (χ1v) is 9.82. The molecule has 4 rings (SSSR count). The molecule has 0 aromatic heterocycles. The maximum absolute atomic E-state index is 13.1. The standard InChI is InChI=1S/C21H30N2O5/c1-21(2,3)28-20(25)22-18(15-7-5-6-8-16(15)26-4)19(24)27-17-13-23-11-9-14(17)10-12-23/h5-8,14,17-18H,9-13H2,1-4H3,(H,22,25)/t17-,18?/m0/s1. The minimum absolute atomic E-state index is 0.146. The minimum Gasteiger partial charge on any atom is -0.496 e. The van der Waals surface area contributed by atoms with Crippen molar-refractivity contribution < 1.29 is 23.8 Å². The van der Waals surface area contributed by atoms with E-state index in [1.165, 1.54) is 7.11 Å². The van der Waals surface area contributed by atoms with Crippen LogP contribution in [0.3, 0.4) is 0 Å². The van der Waals surface area contributed by atoms with Crippen LogP contribution < -0.4 is 10.1 Å². The van der Waals surface area contributed by atoms with Crippen LogP contribution in [-0.4, -0.2) is 55.4 Å². The highest BCUT2D eigenvalue weighted by atomic mass is 16.6. The number of ether oxygens (including phenoxy) is 3. The van der Waals surface area contributed by atoms with Gasteiger partial charge in [0.1, 0.15) is 17.5 Å². The SMILES string of the molecule is COc1ccccc1C(NC(=O)OC(C)(C)C)C(=O)O[C@H]1CN2CCC1CC2. The number of hydrogen-bond acceptors (Lipinski definition) is 6. The lowest BCUT2D eigenvalue weighted by molar-refractivity contribution is -0.161. The van der Waals surface area contributed by atoms with Gasteiger partial charge in [0.2, 0.25) is 0 Å². The summed E-state index contributed by atoms with van der Waals surface area (Å²) < 4.78 is 16.6. The van der Waals surface area contributed by atoms with Crippen LogP contribution in [0.5, 0.6) is 5.75 Å². The van der Waals surface area contributed by atoms with Crippen molar-refractivity contribution in [2.75, 3.05) is 26.7 Å². The molecule has 28 heavy (non-hydrogen) atoms. The van der Waals surface area contributed by atoms with E-state index < -0.39 is 23.7 Å². The molecule has 3 aliphatic rings. The number of alkyl carbamates (subject to hydrolysis) is 1. The third-order valence-corrected chi connectivity index (χ3v) is 5.21. The quantitative estimate of drug-likeness (QED) is 0.779. The smallest absolute Gasteiger partial charge is 0.408 e. The number of esters is 1. The Labute approximate surface area is 166 Å². The van der Waals surface area contributed by atoms with E-state index >= 15 is 0 Å². The van der Waals surface area contributed by atoms with Gasteiger partial charge in [-0.3, -0.25) is 4.90 Å². The van der Waals surface area contributed by atoms with Crippen LogP contribution in [-0.2, 0) is 14.3 Å². The number of para-hydroxylation sites is 1. The predicted molar refractivity (Wildman–Crippen MR) is 104 cm³/mol. The third kappa shape index (κ3) is 4.95. The second-order valence-electron chi connectivity index (χ2n) is 8.43. The van der Waals surface area contributed by atoms with Crippen molar-refractivity contribution in [3.05, 3.63) is 29.8 Å². The molecule has 3 heterocycles. The summed E-state index contributed by atoms with van der Waals surface area (Å²) in [6.07, 6.45) is 1.26. The van der Waals surface area contributed by atoms with Crippen molar-refractivity contribution in [2.24, 2.45) is 5.92 Å². The van der Waals surface area contributed by atoms with Crippen LogP contribution in [0.4, 0.5) is 4.79 Å². The summed E-state index contributed by atoms with van der Waals surface area (Å²) in [5.74, 6) is 0.400. The average Bonchev–Trinajstić information content (AvgIpc) is 2.65. The summed E-state index contributed by atoms with van der Waals surface area (Å²) in [7, 11) is 1.53. The summed E-state index contributed by atoms with van der Waals surface area (Å²) in [5.41, 5.74) is -0.128. The number of hydrogen-bond donors (Lipinski definition) is 1. The highest BCUT2D eigenvalue weighted by molar-refractivity contribution is 5.83. The number of fused-ring (bicyclic) bond motifs is 3. The number of rotatable bonds is 5. The number of nitrogens with one attached hydrogen (secondary N) is 1. The Morgan fingerprint density at radius 1 is 1.18 bits per heavy atom. The van der Waals surface area contributed by atoms with E-state index in [-0.39, 0.29) is 6.10 Å². The lowest BCUT2D eigenvalue weighted by atomic mass is 9.86. The lowest BCUT2D eigenvalue weighted by Crippen LogP contribution is -2.52. The molecule has 3 saturated heterocycles. The Hall–Kier alpha value is -2.28. The zero-order chi connectivity index (χ0) is 20.3. The second-order valence-corrected chi connectivity index (χ2v) is 8.43. The summed E-state index contributed by atoms with van der Waals surface area (Å²) >= 11 is 0. The zero-order valence-electron chi connectivity index (χ0n) is 17.1. The van der Waals surface area contributed by atoms with Gasteiger partial charge in [-0.05, 0) is 58.7 Å². The second kappa shape index (κ2) is 8.39. The monoisotopic (exact) mass is 390 g/mol. The molecule has 1 unspecified atom stereocenters. The molecule has 7 nitrogen and oxygen atoms in total. The maximum atomic E-state index is 13.1. The van der Waals surface area contributed by atoms with Crippen molar-refractivity contribution in [3.8, 4) is 5.75 Å². The molecule has 1 aromatic rings. The molecule has 7 heteroatoms. The largest absolute Gasteiger partial charge is 0.496 e. The van der Waals surface area contributed by atoms with Crippen LogP contribution in [0.25, 0.3) is 0 Å². The molecule has 0 saturated carbocycles. The highest BCUT2D eigenvalue weighted by Crippen LogP contribution is 2.32. The first-order valence-electron chi connectivity index (χ1n) is 9.82. The van der Waals surface area contributed by atoms with Crippen molar-refractivity contribution in [3.63, 3.8) is 0 Å². The van der Waals surface area contributed by atoms with Gasteiger partial charge in [0.15, 0.2) is 6.04 Å². The zero-order valence-corrected chi connectivity index (χ0v) is 17.1. The van der Waals surface area contributed by atoms with Gasteiger partial charge in [0.25, 0.3) is 0 Å². The molecule has 0 spiro atoms. The van der Waals surface area contributed by atoms with Gasteiger partial charge < -0.3 is 19.5 Å². The molecule has 1 amide bonds. The highest BCUT2D eigenvalue weighted by Gasteiger charge is 2.39. The first-order chi connectivity index (χ1) is 13.3. The molecule has 3 fully saturated rings. The van der Waals surface area contributed by atoms with Crippen molar-refractivity contribution in [1.29, 1.82) is 0 Å². The predicted octanol–water partition coefficient (Wildman–Crippen LogP) is 2.90. The fourth-order valence-corrected chi connectivity index (χ4v) is 3.86. The van der Waals surface area contributed by atoms with Gasteiger partial charge in [0.05, 0.1) is 7.11 Å². The van der Waals surface area contributed by atoms with Crippen LogP contribution in [0.15, 0.2) is 24.3 Å². The van der Waals surface area contributed by atoms with Gasteiger partial charge in [-0.15, -0.1) is 0 Å². The summed E-state index contributed by atoms with van der Waals surface area (Å²) in [6.45, 7) is 8.19. The normalized spacial score (nSPS) is 24.9. The van der Waals surface area contributed by atoms with Crippen LogP contribution in [0, 0.1) is 5.92 Å². The molecular weight excluding hydrogens is 360 g/mol. The van der Waals surface area contributed by atoms with Crippen LogP contribution >= 0.6 is 0 Å². The van der Waals surface area contributed by atoms with Gasteiger partial charge in [-0.2, -0.15) is 0 Å². The number of methoxy groups -OCH3 is 1. The fourth-order valence-electron chi connectivity index (χ4n) is 3.86. The maximum Gasteiger partial charge on any atom is 0.408 e. The minimum atomic E-state index is -0.999. The number of benzene rings is 1. The summed E-state index contributed by atoms with van der Waals surface area (Å²) in [4.78, 5) is 27.8. The molecular formula is C21H30N2O5. The molecule has 2 atom stereocenters. The Morgan fingerprint density at radius 3 is 2.43 bits per heavy atom. The first kappa shape index (κ1) is 20.5. The van der Waals surface area contributed by atoms with Gasteiger partial charge in [0, 0.05) is 12.1 Å². The summed E-state index contributed by atoms with van der Waals surface area (Å²) in [6, 6.07) is 6.11. The third-order valence-electron chi connectivity index (χ3n) is 5.21. The lowest BCUT2D eigenvalue weighted by Gasteiger charge is -2.44. The fraction of sp³-hybridized carbons (Fsp3) is 0.619. The van der Waals surface area contributed by atoms with E-state index in [2.05, 4.69) is 10.2 Å². The van der Waals surface area contributed by atoms with E-state index in [1.54, 1.807) is 39.0 Å². The van der Waals surface area contributed by atoms with E-state index in [1.807, 2.05) is 6.07 Å². The van der Waals surface area contributed by atoms with Crippen LogP contribution in [0.2, 0.25) is 0 Å². The number of carbonyl (C=O) groups excluding carboxylic acids is 2. The summed E-state index contributed by atoms with van der Waals surface area (Å²) in [5, 5.41) is 2.67. The Bertz CT molecular complexity index is 707. The van der Waals surface area contributed by atoms with Crippen molar-refractivity contribution >= 4 is 12.1 Å². The Morgan fingerprint density at radius 2 is 1.86 bits per heavy atom. The average molecular weight is 390 g/mol. The van der Waals surface area contributed by atoms with E-state index in [0.29, 0.717) is 17.2 Å². The van der Waals surface area contributed by atoms with Gasteiger partial charge >= 0.3 is 12.1 Å². The van der Waals surface area contributed by atoms with Crippen molar-refractivity contribution in [2.45, 2.75) is 51.4 Å². The molecule has 2 bridgehead atoms. The number of nitrogens with zero attached hydrogens (tertiary/aromatic N) is 1. The van der Waals surface area contributed by atoms with Crippen molar-refractivity contribution in [1.82, 2.24) is 10.2 Å².